The summed E-state index contributed by atoms with van der Waals surface area (Å²) in [5.41, 5.74) is 1.37. The maximum atomic E-state index is 12.7. The van der Waals surface area contributed by atoms with Crippen molar-refractivity contribution in [2.45, 2.75) is 56.5 Å². The number of nitrogens with one attached hydrogen (secondary N) is 2. The van der Waals surface area contributed by atoms with Crippen molar-refractivity contribution < 1.29 is 27.4 Å². The van der Waals surface area contributed by atoms with E-state index in [1.165, 1.54) is 6.07 Å². The molecule has 2 aromatic carbocycles. The first-order valence-electron chi connectivity index (χ1n) is 11.1. The molecule has 2 N–H and O–H groups in total. The molecule has 0 aromatic heterocycles. The van der Waals surface area contributed by atoms with Crippen LogP contribution in [0.15, 0.2) is 41.3 Å². The monoisotopic (exact) mass is 476 g/mol. The normalized spacial score (nSPS) is 14.5. The second-order valence-electron chi connectivity index (χ2n) is 8.09. The summed E-state index contributed by atoms with van der Waals surface area (Å²) >= 11 is 0. The van der Waals surface area contributed by atoms with Gasteiger partial charge in [0.05, 0.1) is 31.2 Å². The van der Waals surface area contributed by atoms with E-state index in [0.717, 1.165) is 37.7 Å². The number of hydrogen-bond acceptors (Lipinski definition) is 6. The fourth-order valence-corrected chi connectivity index (χ4v) is 5.33. The number of ether oxygens (including phenoxy) is 3. The fraction of sp³-hybridized carbons (Fsp3) is 0.458. The maximum Gasteiger partial charge on any atom is 0.258 e. The molecule has 0 bridgehead atoms. The van der Waals surface area contributed by atoms with Crippen molar-refractivity contribution in [3.8, 4) is 17.2 Å². The van der Waals surface area contributed by atoms with Crippen molar-refractivity contribution in [1.82, 2.24) is 10.0 Å². The largest absolute Gasteiger partial charge is 0.496 e. The zero-order chi connectivity index (χ0) is 23.8. The highest BCUT2D eigenvalue weighted by Crippen LogP contribution is 2.28. The van der Waals surface area contributed by atoms with E-state index in [0.29, 0.717) is 22.8 Å². The molecular formula is C24H32N2O6S. The quantitative estimate of drug-likeness (QED) is 0.545. The Bertz CT molecular complexity index is 1040. The van der Waals surface area contributed by atoms with Crippen LogP contribution < -0.4 is 24.2 Å². The summed E-state index contributed by atoms with van der Waals surface area (Å²) < 4.78 is 44.5. The van der Waals surface area contributed by atoms with Crippen LogP contribution in [0.5, 0.6) is 17.2 Å². The third kappa shape index (κ3) is 6.61. The molecule has 0 atom stereocenters. The molecule has 3 rings (SSSR count). The predicted molar refractivity (Wildman–Crippen MR) is 125 cm³/mol. The van der Waals surface area contributed by atoms with Gasteiger partial charge in [-0.1, -0.05) is 25.3 Å². The molecule has 1 aliphatic rings. The predicted octanol–water partition coefficient (Wildman–Crippen LogP) is 3.32. The van der Waals surface area contributed by atoms with Gasteiger partial charge in [-0.3, -0.25) is 4.79 Å². The van der Waals surface area contributed by atoms with Crippen molar-refractivity contribution >= 4 is 15.9 Å². The second-order valence-corrected chi connectivity index (χ2v) is 9.80. The van der Waals surface area contributed by atoms with Crippen LogP contribution in [-0.2, 0) is 21.4 Å². The smallest absolute Gasteiger partial charge is 0.258 e. The Morgan fingerprint density at radius 3 is 2.27 bits per heavy atom. The summed E-state index contributed by atoms with van der Waals surface area (Å²) in [6.07, 6.45) is 4.99. The molecule has 180 valence electrons. The first-order chi connectivity index (χ1) is 15.8. The van der Waals surface area contributed by atoms with E-state index in [1.807, 2.05) is 6.07 Å². The van der Waals surface area contributed by atoms with Gasteiger partial charge >= 0.3 is 0 Å². The SMILES string of the molecule is COc1cccc(OC)c1CNC(=O)COc1ccc(S(=O)(=O)NC2CCCCC2)cc1C. The van der Waals surface area contributed by atoms with Gasteiger partial charge in [-0.05, 0) is 55.7 Å². The van der Waals surface area contributed by atoms with Crippen LogP contribution in [0.2, 0.25) is 0 Å². The molecule has 1 fully saturated rings. The standard InChI is InChI=1S/C24H32N2O6S/c1-17-14-19(33(28,29)26-18-8-5-4-6-9-18)12-13-21(17)32-16-24(27)25-15-20-22(30-2)10-7-11-23(20)31-3/h7,10-14,18,26H,4-6,8-9,15-16H2,1-3H3,(H,25,27). The first kappa shape index (κ1) is 24.9. The molecule has 0 heterocycles. The van der Waals surface area contributed by atoms with E-state index in [9.17, 15) is 13.2 Å². The van der Waals surface area contributed by atoms with Gasteiger partial charge in [-0.2, -0.15) is 0 Å². The minimum Gasteiger partial charge on any atom is -0.496 e. The summed E-state index contributed by atoms with van der Waals surface area (Å²) in [4.78, 5) is 12.5. The highest BCUT2D eigenvalue weighted by molar-refractivity contribution is 7.89. The number of carbonyl (C=O) groups is 1. The molecule has 9 heteroatoms. The van der Waals surface area contributed by atoms with Crippen LogP contribution >= 0.6 is 0 Å². The van der Waals surface area contributed by atoms with Crippen LogP contribution in [-0.4, -0.2) is 41.2 Å². The number of methoxy groups -OCH3 is 2. The summed E-state index contributed by atoms with van der Waals surface area (Å²) in [5, 5.41) is 2.79. The highest BCUT2D eigenvalue weighted by Gasteiger charge is 2.22. The number of aryl methyl sites for hydroxylation is 1. The van der Waals surface area contributed by atoms with Crippen molar-refractivity contribution in [3.05, 3.63) is 47.5 Å². The maximum absolute atomic E-state index is 12.7. The number of sulfonamides is 1. The number of rotatable bonds is 10. The molecule has 0 aliphatic heterocycles. The Morgan fingerprint density at radius 1 is 1.00 bits per heavy atom. The lowest BCUT2D eigenvalue weighted by Gasteiger charge is -2.22. The highest BCUT2D eigenvalue weighted by atomic mass is 32.2. The topological polar surface area (TPSA) is 103 Å². The minimum atomic E-state index is -3.59. The first-order valence-corrected chi connectivity index (χ1v) is 12.5. The van der Waals surface area contributed by atoms with Crippen LogP contribution in [0.25, 0.3) is 0 Å². The Kier molecular flexibility index (Phi) is 8.57. The average Bonchev–Trinajstić information content (AvgIpc) is 2.81. The van der Waals surface area contributed by atoms with Crippen LogP contribution in [0, 0.1) is 6.92 Å². The molecule has 8 nitrogen and oxygen atoms in total. The van der Waals surface area contributed by atoms with E-state index in [2.05, 4.69) is 10.0 Å². The van der Waals surface area contributed by atoms with E-state index in [4.69, 9.17) is 14.2 Å². The van der Waals surface area contributed by atoms with E-state index < -0.39 is 10.0 Å². The van der Waals surface area contributed by atoms with Gasteiger partial charge in [-0.15, -0.1) is 0 Å². The third-order valence-corrected chi connectivity index (χ3v) is 7.25. The summed E-state index contributed by atoms with van der Waals surface area (Å²) in [6, 6.07) is 10.0. The summed E-state index contributed by atoms with van der Waals surface area (Å²) in [5.74, 6) is 1.37. The van der Waals surface area contributed by atoms with Gasteiger partial charge in [0.1, 0.15) is 17.2 Å². The Labute approximate surface area is 195 Å². The van der Waals surface area contributed by atoms with Gasteiger partial charge < -0.3 is 19.5 Å². The molecule has 1 amide bonds. The van der Waals surface area contributed by atoms with Crippen LogP contribution in [0.1, 0.15) is 43.2 Å². The molecule has 0 spiro atoms. The van der Waals surface area contributed by atoms with E-state index in [1.54, 1.807) is 45.4 Å². The summed E-state index contributed by atoms with van der Waals surface area (Å²) in [6.45, 7) is 1.77. The van der Waals surface area contributed by atoms with Crippen LogP contribution in [0.3, 0.4) is 0 Å². The number of amides is 1. The zero-order valence-electron chi connectivity index (χ0n) is 19.3. The number of hydrogen-bond donors (Lipinski definition) is 2. The lowest BCUT2D eigenvalue weighted by molar-refractivity contribution is -0.123. The van der Waals surface area contributed by atoms with Crippen molar-refractivity contribution in [3.63, 3.8) is 0 Å². The van der Waals surface area contributed by atoms with E-state index in [-0.39, 0.29) is 30.0 Å². The van der Waals surface area contributed by atoms with Crippen LogP contribution in [0.4, 0.5) is 0 Å². The average molecular weight is 477 g/mol. The second kappa shape index (κ2) is 11.4. The Morgan fingerprint density at radius 2 is 1.67 bits per heavy atom. The van der Waals surface area contributed by atoms with Gasteiger partial charge in [0.15, 0.2) is 6.61 Å². The van der Waals surface area contributed by atoms with Gasteiger partial charge in [0.2, 0.25) is 10.0 Å². The summed E-state index contributed by atoms with van der Waals surface area (Å²) in [7, 11) is -0.479. The molecule has 2 aromatic rings. The van der Waals surface area contributed by atoms with Gasteiger partial charge in [0, 0.05) is 6.04 Å². The molecular weight excluding hydrogens is 444 g/mol. The lowest BCUT2D eigenvalue weighted by atomic mass is 9.96. The fourth-order valence-electron chi connectivity index (χ4n) is 3.94. The van der Waals surface area contributed by atoms with Crippen molar-refractivity contribution in [2.75, 3.05) is 20.8 Å². The zero-order valence-corrected chi connectivity index (χ0v) is 20.2. The van der Waals surface area contributed by atoms with Crippen molar-refractivity contribution in [1.29, 1.82) is 0 Å². The van der Waals surface area contributed by atoms with Gasteiger partial charge in [-0.25, -0.2) is 13.1 Å². The Balaban J connectivity index is 1.57. The molecule has 1 aliphatic carbocycles. The van der Waals surface area contributed by atoms with Crippen molar-refractivity contribution in [2.24, 2.45) is 0 Å². The molecule has 0 unspecified atom stereocenters. The Hall–Kier alpha value is -2.78. The van der Waals surface area contributed by atoms with E-state index >= 15 is 0 Å². The number of benzene rings is 2. The molecule has 1 saturated carbocycles. The third-order valence-electron chi connectivity index (χ3n) is 5.73. The lowest BCUT2D eigenvalue weighted by Crippen LogP contribution is -2.36. The number of carbonyl (C=O) groups excluding carboxylic acids is 1. The van der Waals surface area contributed by atoms with Gasteiger partial charge in [0.25, 0.3) is 5.91 Å². The molecule has 33 heavy (non-hydrogen) atoms. The molecule has 0 saturated heterocycles. The minimum absolute atomic E-state index is 0.00876. The molecule has 0 radical (unpaired) electrons.